The molecule has 0 aromatic carbocycles. The first kappa shape index (κ1) is 6.04. The first-order valence-corrected chi connectivity index (χ1v) is 2.15. The third-order valence-corrected chi connectivity index (χ3v) is 0.496. The first-order chi connectivity index (χ1) is 3.41. The van der Waals surface area contributed by atoms with Gasteiger partial charge < -0.3 is 0 Å². The van der Waals surface area contributed by atoms with Crippen LogP contribution in [0.25, 0.3) is 0 Å². The quantitative estimate of drug-likeness (QED) is 0.341. The summed E-state index contributed by atoms with van der Waals surface area (Å²) >= 11 is 0. The fourth-order valence-corrected chi connectivity index (χ4v) is 0.222. The summed E-state index contributed by atoms with van der Waals surface area (Å²) in [6.07, 6.45) is 12.2. The van der Waals surface area contributed by atoms with Crippen molar-refractivity contribution in [3.05, 3.63) is 24.3 Å². The van der Waals surface area contributed by atoms with Crippen LogP contribution in [0.3, 0.4) is 0 Å². The van der Waals surface area contributed by atoms with E-state index in [0.29, 0.717) is 0 Å². The molecular weight excluding hydrogens is 84.1 g/mol. The highest BCUT2D eigenvalue weighted by Crippen LogP contribution is 1.71. The third-order valence-electron chi connectivity index (χ3n) is 0.496. The van der Waals surface area contributed by atoms with Crippen molar-refractivity contribution < 1.29 is 0 Å². The van der Waals surface area contributed by atoms with Crippen LogP contribution in [0.15, 0.2) is 24.3 Å². The molecule has 0 fully saturated rings. The van der Waals surface area contributed by atoms with E-state index in [0.717, 1.165) is 0 Å². The van der Waals surface area contributed by atoms with Crippen LogP contribution < -0.4 is 0 Å². The van der Waals surface area contributed by atoms with Gasteiger partial charge in [-0.1, -0.05) is 24.1 Å². The van der Waals surface area contributed by atoms with Crippen LogP contribution in [0.2, 0.25) is 0 Å². The van der Waals surface area contributed by atoms with E-state index >= 15 is 0 Å². The Labute approximate surface area is 44.5 Å². The minimum atomic E-state index is 1.65. The monoisotopic (exact) mass is 92.1 g/mol. The molecule has 0 atom stereocenters. The summed E-state index contributed by atoms with van der Waals surface area (Å²) in [7, 11) is 0. The van der Waals surface area contributed by atoms with Gasteiger partial charge in [-0.15, -0.1) is 6.42 Å². The summed E-state index contributed by atoms with van der Waals surface area (Å²) in [5.74, 6) is 2.37. The number of terminal acetylenes is 1. The van der Waals surface area contributed by atoms with Gasteiger partial charge in [0.15, 0.2) is 0 Å². The largest absolute Gasteiger partial charge is 0.115 e. The standard InChI is InChI=1S/C7H8/c1-3-5-7-6-4-2/h1,4-7H,2H3/b6-4+,7-5-. The molecule has 0 unspecified atom stereocenters. The SMILES string of the molecule is C#C/C=C\C=C\C. The summed E-state index contributed by atoms with van der Waals surface area (Å²) in [5.41, 5.74) is 0. The van der Waals surface area contributed by atoms with Crippen LogP contribution in [-0.2, 0) is 0 Å². The minimum absolute atomic E-state index is 1.65. The van der Waals surface area contributed by atoms with Gasteiger partial charge in [-0.3, -0.25) is 0 Å². The van der Waals surface area contributed by atoms with Crippen LogP contribution in [0.5, 0.6) is 0 Å². The van der Waals surface area contributed by atoms with Gasteiger partial charge in [-0.25, -0.2) is 0 Å². The van der Waals surface area contributed by atoms with Crippen molar-refractivity contribution in [2.45, 2.75) is 6.92 Å². The fraction of sp³-hybridized carbons (Fsp3) is 0.143. The molecule has 0 aromatic heterocycles. The molecule has 0 bridgehead atoms. The van der Waals surface area contributed by atoms with Crippen molar-refractivity contribution >= 4 is 0 Å². The molecule has 36 valence electrons. The van der Waals surface area contributed by atoms with Crippen LogP contribution >= 0.6 is 0 Å². The van der Waals surface area contributed by atoms with Crippen molar-refractivity contribution in [2.75, 3.05) is 0 Å². The van der Waals surface area contributed by atoms with E-state index in [2.05, 4.69) is 5.92 Å². The van der Waals surface area contributed by atoms with Gasteiger partial charge in [-0.2, -0.15) is 0 Å². The normalized spacial score (nSPS) is 10.3. The summed E-state index contributed by atoms with van der Waals surface area (Å²) in [6.45, 7) is 1.95. The van der Waals surface area contributed by atoms with E-state index in [1.54, 1.807) is 6.08 Å². The van der Waals surface area contributed by atoms with Gasteiger partial charge in [0.1, 0.15) is 0 Å². The van der Waals surface area contributed by atoms with Crippen molar-refractivity contribution in [2.24, 2.45) is 0 Å². The second-order valence-corrected chi connectivity index (χ2v) is 1.05. The average Bonchev–Trinajstić information content (AvgIpc) is 1.69. The molecule has 0 radical (unpaired) electrons. The number of hydrogen-bond donors (Lipinski definition) is 0. The lowest BCUT2D eigenvalue weighted by Crippen LogP contribution is -1.44. The van der Waals surface area contributed by atoms with E-state index in [1.807, 2.05) is 25.2 Å². The maximum absolute atomic E-state index is 4.90. The number of allylic oxidation sites excluding steroid dienone is 4. The molecule has 0 aromatic rings. The van der Waals surface area contributed by atoms with Gasteiger partial charge in [0, 0.05) is 0 Å². The molecule has 0 saturated heterocycles. The Morgan fingerprint density at radius 2 is 2.14 bits per heavy atom. The highest BCUT2D eigenvalue weighted by molar-refractivity contribution is 5.14. The molecular formula is C7H8. The van der Waals surface area contributed by atoms with Crippen LogP contribution in [0.1, 0.15) is 6.92 Å². The molecule has 0 N–H and O–H groups in total. The highest BCUT2D eigenvalue weighted by atomic mass is 13.6. The zero-order chi connectivity index (χ0) is 5.54. The lowest BCUT2D eigenvalue weighted by atomic mass is 10.4. The van der Waals surface area contributed by atoms with E-state index in [9.17, 15) is 0 Å². The molecule has 0 saturated carbocycles. The Bertz CT molecular complexity index is 110. The Morgan fingerprint density at radius 3 is 2.57 bits per heavy atom. The molecule has 0 aliphatic heterocycles. The average molecular weight is 92.1 g/mol. The minimum Gasteiger partial charge on any atom is -0.115 e. The van der Waals surface area contributed by atoms with Gasteiger partial charge >= 0.3 is 0 Å². The zero-order valence-electron chi connectivity index (χ0n) is 4.39. The smallest absolute Gasteiger partial charge is 0.0122 e. The molecule has 0 heterocycles. The van der Waals surface area contributed by atoms with Crippen molar-refractivity contribution in [1.82, 2.24) is 0 Å². The predicted molar refractivity (Wildman–Crippen MR) is 32.8 cm³/mol. The molecule has 0 amide bonds. The predicted octanol–water partition coefficient (Wildman–Crippen LogP) is 1.75. The Morgan fingerprint density at radius 1 is 1.43 bits per heavy atom. The van der Waals surface area contributed by atoms with Gasteiger partial charge in [0.2, 0.25) is 0 Å². The second kappa shape index (κ2) is 5.04. The third kappa shape index (κ3) is 5.04. The van der Waals surface area contributed by atoms with Crippen molar-refractivity contribution in [3.8, 4) is 12.3 Å². The molecule has 7 heavy (non-hydrogen) atoms. The second-order valence-electron chi connectivity index (χ2n) is 1.05. The molecule has 0 aliphatic rings. The van der Waals surface area contributed by atoms with E-state index in [1.165, 1.54) is 0 Å². The molecule has 0 rings (SSSR count). The van der Waals surface area contributed by atoms with Gasteiger partial charge in [0.05, 0.1) is 0 Å². The molecule has 0 spiro atoms. The van der Waals surface area contributed by atoms with Crippen molar-refractivity contribution in [3.63, 3.8) is 0 Å². The van der Waals surface area contributed by atoms with Gasteiger partial charge in [0.25, 0.3) is 0 Å². The lowest BCUT2D eigenvalue weighted by molar-refractivity contribution is 1.74. The summed E-state index contributed by atoms with van der Waals surface area (Å²) < 4.78 is 0. The summed E-state index contributed by atoms with van der Waals surface area (Å²) in [6, 6.07) is 0. The van der Waals surface area contributed by atoms with Crippen LogP contribution in [0, 0.1) is 12.3 Å². The number of hydrogen-bond acceptors (Lipinski definition) is 0. The molecule has 0 aliphatic carbocycles. The van der Waals surface area contributed by atoms with Crippen LogP contribution in [0.4, 0.5) is 0 Å². The van der Waals surface area contributed by atoms with Crippen LogP contribution in [-0.4, -0.2) is 0 Å². The van der Waals surface area contributed by atoms with Gasteiger partial charge in [-0.05, 0) is 13.0 Å². The Kier molecular flexibility index (Phi) is 4.35. The topological polar surface area (TPSA) is 0 Å². The van der Waals surface area contributed by atoms with E-state index in [-0.39, 0.29) is 0 Å². The maximum Gasteiger partial charge on any atom is -0.0122 e. The zero-order valence-corrected chi connectivity index (χ0v) is 4.39. The van der Waals surface area contributed by atoms with Crippen molar-refractivity contribution in [1.29, 1.82) is 0 Å². The lowest BCUT2D eigenvalue weighted by Gasteiger charge is -1.63. The van der Waals surface area contributed by atoms with E-state index in [4.69, 9.17) is 6.42 Å². The fourth-order valence-electron chi connectivity index (χ4n) is 0.222. The highest BCUT2D eigenvalue weighted by Gasteiger charge is 1.52. The first-order valence-electron chi connectivity index (χ1n) is 2.15. The summed E-state index contributed by atoms with van der Waals surface area (Å²) in [4.78, 5) is 0. The number of rotatable bonds is 1. The van der Waals surface area contributed by atoms with E-state index < -0.39 is 0 Å². The Hall–Kier alpha value is -0.960. The molecule has 0 nitrogen and oxygen atoms in total. The maximum atomic E-state index is 4.90. The summed E-state index contributed by atoms with van der Waals surface area (Å²) in [5, 5.41) is 0. The Balaban J connectivity index is 3.33. The molecule has 0 heteroatoms.